The van der Waals surface area contributed by atoms with E-state index < -0.39 is 0 Å². The highest BCUT2D eigenvalue weighted by atomic mass is 16.5. The molecule has 2 atom stereocenters. The van der Waals surface area contributed by atoms with Crippen LogP contribution in [0.5, 0.6) is 0 Å². The zero-order valence-corrected chi connectivity index (χ0v) is 10.0. The molecular weight excluding hydrogens is 218 g/mol. The van der Waals surface area contributed by atoms with Gasteiger partial charge in [0, 0.05) is 26.2 Å². The van der Waals surface area contributed by atoms with Gasteiger partial charge in [0.05, 0.1) is 5.92 Å². The topological polar surface area (TPSA) is 60.2 Å². The minimum Gasteiger partial charge on any atom is -0.381 e. The maximum atomic E-state index is 5.37. The molecule has 2 saturated heterocycles. The molecule has 5 heteroatoms. The quantitative estimate of drug-likeness (QED) is 0.853. The van der Waals surface area contributed by atoms with E-state index in [-0.39, 0.29) is 0 Å². The Bertz CT molecular complexity index is 354. The Morgan fingerprint density at radius 1 is 1.35 bits per heavy atom. The number of hydrogen-bond donors (Lipinski definition) is 1. The zero-order valence-electron chi connectivity index (χ0n) is 10.0. The molecule has 0 saturated carbocycles. The van der Waals surface area contributed by atoms with E-state index in [1.54, 1.807) is 0 Å². The summed E-state index contributed by atoms with van der Waals surface area (Å²) in [5, 5.41) is 7.45. The summed E-state index contributed by atoms with van der Waals surface area (Å²) in [5.74, 6) is 2.64. The van der Waals surface area contributed by atoms with Crippen molar-refractivity contribution in [3.63, 3.8) is 0 Å². The third kappa shape index (κ3) is 2.66. The summed E-state index contributed by atoms with van der Waals surface area (Å²) in [6, 6.07) is 0. The van der Waals surface area contributed by atoms with Crippen molar-refractivity contribution in [3.8, 4) is 0 Å². The molecule has 0 aromatic carbocycles. The largest absolute Gasteiger partial charge is 0.381 e. The molecule has 94 valence electrons. The Hall–Kier alpha value is -0.940. The van der Waals surface area contributed by atoms with Gasteiger partial charge in [0.15, 0.2) is 5.82 Å². The van der Waals surface area contributed by atoms with Crippen LogP contribution in [-0.4, -0.2) is 36.4 Å². The third-order valence-corrected chi connectivity index (χ3v) is 3.63. The van der Waals surface area contributed by atoms with Crippen LogP contribution in [0.2, 0.25) is 0 Å². The lowest BCUT2D eigenvalue weighted by Crippen LogP contribution is -2.28. The van der Waals surface area contributed by atoms with Crippen LogP contribution >= 0.6 is 0 Å². The van der Waals surface area contributed by atoms with E-state index in [0.717, 1.165) is 57.3 Å². The molecule has 1 aromatic heterocycles. The average Bonchev–Trinajstić information content (AvgIpc) is 3.02. The highest BCUT2D eigenvalue weighted by Crippen LogP contribution is 2.23. The molecule has 0 bridgehead atoms. The first kappa shape index (κ1) is 11.2. The van der Waals surface area contributed by atoms with E-state index >= 15 is 0 Å². The van der Waals surface area contributed by atoms with E-state index in [2.05, 4.69) is 15.5 Å². The highest BCUT2D eigenvalue weighted by Gasteiger charge is 2.23. The second-order valence-electron chi connectivity index (χ2n) is 5.03. The average molecular weight is 237 g/mol. The summed E-state index contributed by atoms with van der Waals surface area (Å²) in [7, 11) is 0. The summed E-state index contributed by atoms with van der Waals surface area (Å²) in [6.07, 6.45) is 4.36. The molecule has 3 heterocycles. The van der Waals surface area contributed by atoms with Crippen molar-refractivity contribution in [2.75, 3.05) is 26.3 Å². The summed E-state index contributed by atoms with van der Waals surface area (Å²) in [5.41, 5.74) is 0. The van der Waals surface area contributed by atoms with Gasteiger partial charge in [0.25, 0.3) is 0 Å². The number of rotatable bonds is 3. The summed E-state index contributed by atoms with van der Waals surface area (Å²) < 4.78 is 10.7. The SMILES string of the molecule is C1CNCC(c2nc(CC3CCOC3)no2)C1. The van der Waals surface area contributed by atoms with Crippen LogP contribution in [0.25, 0.3) is 0 Å². The summed E-state index contributed by atoms with van der Waals surface area (Å²) in [4.78, 5) is 4.52. The molecule has 17 heavy (non-hydrogen) atoms. The van der Waals surface area contributed by atoms with Crippen molar-refractivity contribution in [2.24, 2.45) is 5.92 Å². The van der Waals surface area contributed by atoms with Crippen molar-refractivity contribution in [3.05, 3.63) is 11.7 Å². The van der Waals surface area contributed by atoms with Gasteiger partial charge in [-0.25, -0.2) is 0 Å². The summed E-state index contributed by atoms with van der Waals surface area (Å²) in [6.45, 7) is 3.79. The zero-order chi connectivity index (χ0) is 11.5. The highest BCUT2D eigenvalue weighted by molar-refractivity contribution is 4.97. The lowest BCUT2D eigenvalue weighted by Gasteiger charge is -2.18. The van der Waals surface area contributed by atoms with Crippen molar-refractivity contribution in [1.82, 2.24) is 15.5 Å². The van der Waals surface area contributed by atoms with Crippen LogP contribution < -0.4 is 5.32 Å². The van der Waals surface area contributed by atoms with Gasteiger partial charge < -0.3 is 14.6 Å². The first-order valence-electron chi connectivity index (χ1n) is 6.53. The molecule has 2 unspecified atom stereocenters. The molecule has 3 rings (SSSR count). The number of hydrogen-bond acceptors (Lipinski definition) is 5. The summed E-state index contributed by atoms with van der Waals surface area (Å²) >= 11 is 0. The van der Waals surface area contributed by atoms with Crippen molar-refractivity contribution in [2.45, 2.75) is 31.6 Å². The lowest BCUT2D eigenvalue weighted by molar-refractivity contribution is 0.185. The van der Waals surface area contributed by atoms with E-state index in [9.17, 15) is 0 Å². The fraction of sp³-hybridized carbons (Fsp3) is 0.833. The Kier molecular flexibility index (Phi) is 3.38. The van der Waals surface area contributed by atoms with E-state index in [0.29, 0.717) is 11.8 Å². The van der Waals surface area contributed by atoms with Crippen LogP contribution in [0.15, 0.2) is 4.52 Å². The number of aromatic nitrogens is 2. The van der Waals surface area contributed by atoms with Crippen LogP contribution in [0, 0.1) is 5.92 Å². The minimum atomic E-state index is 0.407. The van der Waals surface area contributed by atoms with E-state index in [1.165, 1.54) is 6.42 Å². The van der Waals surface area contributed by atoms with Crippen molar-refractivity contribution < 1.29 is 9.26 Å². The monoisotopic (exact) mass is 237 g/mol. The minimum absolute atomic E-state index is 0.407. The molecule has 0 radical (unpaired) electrons. The Balaban J connectivity index is 1.60. The number of nitrogens with one attached hydrogen (secondary N) is 1. The van der Waals surface area contributed by atoms with Crippen LogP contribution in [0.1, 0.15) is 36.9 Å². The molecule has 2 fully saturated rings. The van der Waals surface area contributed by atoms with Gasteiger partial charge in [-0.05, 0) is 31.7 Å². The third-order valence-electron chi connectivity index (χ3n) is 3.63. The van der Waals surface area contributed by atoms with Crippen molar-refractivity contribution in [1.29, 1.82) is 0 Å². The lowest BCUT2D eigenvalue weighted by atomic mass is 10.00. The fourth-order valence-electron chi connectivity index (χ4n) is 2.58. The Morgan fingerprint density at radius 2 is 2.35 bits per heavy atom. The first-order chi connectivity index (χ1) is 8.42. The molecule has 2 aliphatic rings. The normalized spacial score (nSPS) is 29.6. The fourth-order valence-corrected chi connectivity index (χ4v) is 2.58. The second-order valence-corrected chi connectivity index (χ2v) is 5.03. The molecule has 0 spiro atoms. The molecule has 0 amide bonds. The van der Waals surface area contributed by atoms with Crippen LogP contribution in [0.3, 0.4) is 0 Å². The van der Waals surface area contributed by atoms with Crippen LogP contribution in [0.4, 0.5) is 0 Å². The van der Waals surface area contributed by atoms with E-state index in [1.807, 2.05) is 0 Å². The standard InChI is InChI=1S/C12H19N3O2/c1-2-10(7-13-4-1)12-14-11(15-17-12)6-9-3-5-16-8-9/h9-10,13H,1-8H2. The molecule has 2 aliphatic heterocycles. The van der Waals surface area contributed by atoms with Gasteiger partial charge in [-0.1, -0.05) is 5.16 Å². The smallest absolute Gasteiger partial charge is 0.231 e. The van der Waals surface area contributed by atoms with Gasteiger partial charge in [-0.3, -0.25) is 0 Å². The van der Waals surface area contributed by atoms with Gasteiger partial charge in [-0.2, -0.15) is 4.98 Å². The van der Waals surface area contributed by atoms with E-state index in [4.69, 9.17) is 9.26 Å². The predicted octanol–water partition coefficient (Wildman–Crippen LogP) is 1.12. The molecule has 0 aliphatic carbocycles. The molecule has 1 aromatic rings. The maximum Gasteiger partial charge on any atom is 0.231 e. The predicted molar refractivity (Wildman–Crippen MR) is 61.8 cm³/mol. The number of ether oxygens (including phenoxy) is 1. The molecule has 1 N–H and O–H groups in total. The maximum absolute atomic E-state index is 5.37. The number of piperidine rings is 1. The van der Waals surface area contributed by atoms with Gasteiger partial charge in [0.1, 0.15) is 0 Å². The first-order valence-corrected chi connectivity index (χ1v) is 6.53. The van der Waals surface area contributed by atoms with Gasteiger partial charge in [0.2, 0.25) is 5.89 Å². The molecular formula is C12H19N3O2. The van der Waals surface area contributed by atoms with Crippen LogP contribution in [-0.2, 0) is 11.2 Å². The van der Waals surface area contributed by atoms with Gasteiger partial charge in [-0.15, -0.1) is 0 Å². The Morgan fingerprint density at radius 3 is 3.12 bits per heavy atom. The molecule has 5 nitrogen and oxygen atoms in total. The van der Waals surface area contributed by atoms with Crippen molar-refractivity contribution >= 4 is 0 Å². The number of nitrogens with zero attached hydrogens (tertiary/aromatic N) is 2. The second kappa shape index (κ2) is 5.14. The van der Waals surface area contributed by atoms with Gasteiger partial charge >= 0.3 is 0 Å². The Labute approximate surface area is 101 Å².